The Kier molecular flexibility index (Phi) is 6.07. The van der Waals surface area contributed by atoms with Crippen molar-refractivity contribution in [3.63, 3.8) is 0 Å². The van der Waals surface area contributed by atoms with Crippen molar-refractivity contribution in [3.05, 3.63) is 48.4 Å². The summed E-state index contributed by atoms with van der Waals surface area (Å²) < 4.78 is 18.9. The number of amides is 1. The Labute approximate surface area is 191 Å². The maximum absolute atomic E-state index is 12.9. The van der Waals surface area contributed by atoms with Crippen LogP contribution in [-0.2, 0) is 11.8 Å². The minimum absolute atomic E-state index is 0.0661. The summed E-state index contributed by atoms with van der Waals surface area (Å²) in [5.74, 6) is 2.85. The molecule has 3 aromatic rings. The summed E-state index contributed by atoms with van der Waals surface area (Å²) in [6.45, 7) is 2.08. The van der Waals surface area contributed by atoms with Gasteiger partial charge in [-0.1, -0.05) is 0 Å². The Hall–Kier alpha value is -3.66. The molecule has 10 nitrogen and oxygen atoms in total. The number of carbonyl (C=O) groups excluding carboxylic acids is 1. The van der Waals surface area contributed by atoms with Gasteiger partial charge in [0, 0.05) is 43.9 Å². The van der Waals surface area contributed by atoms with E-state index in [9.17, 15) is 4.79 Å². The fourth-order valence-corrected chi connectivity index (χ4v) is 3.45. The van der Waals surface area contributed by atoms with Gasteiger partial charge in [-0.25, -0.2) is 9.97 Å². The third kappa shape index (κ3) is 5.78. The Morgan fingerprint density at radius 3 is 2.73 bits per heavy atom. The van der Waals surface area contributed by atoms with Crippen molar-refractivity contribution in [1.29, 1.82) is 0 Å². The van der Waals surface area contributed by atoms with E-state index in [1.54, 1.807) is 54.6 Å². The summed E-state index contributed by atoms with van der Waals surface area (Å²) in [6.07, 6.45) is 8.21. The largest absolute Gasteiger partial charge is 0.488 e. The van der Waals surface area contributed by atoms with Crippen LogP contribution in [0.5, 0.6) is 17.4 Å². The van der Waals surface area contributed by atoms with Crippen LogP contribution in [0, 0.1) is 5.92 Å². The van der Waals surface area contributed by atoms with Crippen LogP contribution >= 0.6 is 0 Å². The van der Waals surface area contributed by atoms with Gasteiger partial charge < -0.3 is 24.8 Å². The lowest BCUT2D eigenvalue weighted by Crippen LogP contribution is -2.17. The summed E-state index contributed by atoms with van der Waals surface area (Å²) in [7, 11) is 1.79. The van der Waals surface area contributed by atoms with Crippen LogP contribution in [0.1, 0.15) is 29.6 Å². The summed E-state index contributed by atoms with van der Waals surface area (Å²) in [5, 5.41) is 10.2. The Bertz CT molecular complexity index is 1110. The van der Waals surface area contributed by atoms with Gasteiger partial charge in [-0.3, -0.25) is 9.48 Å². The zero-order valence-electron chi connectivity index (χ0n) is 18.4. The van der Waals surface area contributed by atoms with E-state index < -0.39 is 0 Å². The van der Waals surface area contributed by atoms with Gasteiger partial charge >= 0.3 is 0 Å². The Morgan fingerprint density at radius 2 is 2.03 bits per heavy atom. The van der Waals surface area contributed by atoms with Crippen molar-refractivity contribution < 1.29 is 19.0 Å². The predicted molar refractivity (Wildman–Crippen MR) is 121 cm³/mol. The average molecular weight is 450 g/mol. The maximum Gasteiger partial charge on any atom is 0.257 e. The minimum atomic E-state index is -0.322. The molecule has 0 spiro atoms. The molecule has 1 aliphatic heterocycles. The monoisotopic (exact) mass is 450 g/mol. The Balaban J connectivity index is 1.32. The molecule has 2 fully saturated rings. The highest BCUT2D eigenvalue weighted by Gasteiger charge is 2.21. The van der Waals surface area contributed by atoms with Crippen molar-refractivity contribution in [3.8, 4) is 17.4 Å². The number of aromatic nitrogens is 4. The molecule has 1 saturated heterocycles. The van der Waals surface area contributed by atoms with Gasteiger partial charge in [0.1, 0.15) is 23.4 Å². The van der Waals surface area contributed by atoms with Gasteiger partial charge in [0.2, 0.25) is 5.88 Å². The number of anilines is 2. The number of rotatable bonds is 9. The van der Waals surface area contributed by atoms with Gasteiger partial charge in [0.05, 0.1) is 25.6 Å². The van der Waals surface area contributed by atoms with E-state index in [4.69, 9.17) is 14.2 Å². The molecular weight excluding hydrogens is 424 g/mol. The standard InChI is InChI=1S/C23H26N6O4/c1-29-6-4-20(28-29)27-23(30)16-8-18(32-17-5-7-31-14-17)10-19(9-16)33-22-13-25-21(12-26-22)24-11-15-2-3-15/h4,6,8-10,12-13,15,17H,2-3,5,7,11,14H2,1H3,(H,24,25)(H,27,28,30)/t17-/m0/s1. The quantitative estimate of drug-likeness (QED) is 0.511. The van der Waals surface area contributed by atoms with Crippen molar-refractivity contribution in [2.75, 3.05) is 30.4 Å². The topological polar surface area (TPSA) is 112 Å². The van der Waals surface area contributed by atoms with Gasteiger partial charge in [-0.05, 0) is 30.9 Å². The van der Waals surface area contributed by atoms with Crippen molar-refractivity contribution in [2.45, 2.75) is 25.4 Å². The number of nitrogens with one attached hydrogen (secondary N) is 2. The third-order valence-corrected chi connectivity index (χ3v) is 5.41. The van der Waals surface area contributed by atoms with Gasteiger partial charge in [0.15, 0.2) is 5.82 Å². The second-order valence-corrected chi connectivity index (χ2v) is 8.29. The van der Waals surface area contributed by atoms with E-state index in [2.05, 4.69) is 25.7 Å². The zero-order valence-corrected chi connectivity index (χ0v) is 18.4. The lowest BCUT2D eigenvalue weighted by atomic mass is 10.2. The number of nitrogens with zero attached hydrogens (tertiary/aromatic N) is 4. The molecule has 0 radical (unpaired) electrons. The molecule has 1 aromatic carbocycles. The summed E-state index contributed by atoms with van der Waals surface area (Å²) in [4.78, 5) is 21.6. The van der Waals surface area contributed by atoms with Crippen molar-refractivity contribution in [1.82, 2.24) is 19.7 Å². The number of benzene rings is 1. The summed E-state index contributed by atoms with van der Waals surface area (Å²) >= 11 is 0. The number of ether oxygens (including phenoxy) is 3. The molecular formula is C23H26N6O4. The fraction of sp³-hybridized carbons (Fsp3) is 0.391. The highest BCUT2D eigenvalue weighted by atomic mass is 16.5. The van der Waals surface area contributed by atoms with Gasteiger partial charge in [-0.15, -0.1) is 0 Å². The van der Waals surface area contributed by atoms with E-state index in [-0.39, 0.29) is 12.0 Å². The summed E-state index contributed by atoms with van der Waals surface area (Å²) in [6, 6.07) is 6.77. The maximum atomic E-state index is 12.9. The lowest BCUT2D eigenvalue weighted by Gasteiger charge is -2.15. The molecule has 0 unspecified atom stereocenters. The van der Waals surface area contributed by atoms with E-state index >= 15 is 0 Å². The second kappa shape index (κ2) is 9.45. The van der Waals surface area contributed by atoms with Gasteiger partial charge in [-0.2, -0.15) is 5.10 Å². The summed E-state index contributed by atoms with van der Waals surface area (Å²) in [5.41, 5.74) is 0.378. The molecule has 1 saturated carbocycles. The first-order chi connectivity index (χ1) is 16.1. The van der Waals surface area contributed by atoms with E-state index in [1.165, 1.54) is 12.8 Å². The third-order valence-electron chi connectivity index (χ3n) is 5.41. The van der Waals surface area contributed by atoms with E-state index in [0.29, 0.717) is 47.8 Å². The van der Waals surface area contributed by atoms with Crippen LogP contribution in [-0.4, -0.2) is 51.5 Å². The molecule has 2 N–H and O–H groups in total. The van der Waals surface area contributed by atoms with Crippen LogP contribution in [0.25, 0.3) is 0 Å². The molecule has 1 amide bonds. The molecule has 3 heterocycles. The smallest absolute Gasteiger partial charge is 0.257 e. The number of hydrogen-bond acceptors (Lipinski definition) is 8. The van der Waals surface area contributed by atoms with Crippen molar-refractivity contribution >= 4 is 17.5 Å². The van der Waals surface area contributed by atoms with Gasteiger partial charge in [0.25, 0.3) is 5.91 Å². The lowest BCUT2D eigenvalue weighted by molar-refractivity contribution is 0.102. The Morgan fingerprint density at radius 1 is 1.15 bits per heavy atom. The molecule has 5 rings (SSSR count). The first-order valence-corrected chi connectivity index (χ1v) is 11.0. The molecule has 1 aliphatic carbocycles. The van der Waals surface area contributed by atoms with Crippen LogP contribution in [0.2, 0.25) is 0 Å². The highest BCUT2D eigenvalue weighted by Crippen LogP contribution is 2.30. The molecule has 172 valence electrons. The molecule has 2 aliphatic rings. The van der Waals surface area contributed by atoms with E-state index in [1.807, 2.05) is 0 Å². The first kappa shape index (κ1) is 21.2. The first-order valence-electron chi connectivity index (χ1n) is 11.0. The zero-order chi connectivity index (χ0) is 22.6. The molecule has 1 atom stereocenters. The number of hydrogen-bond donors (Lipinski definition) is 2. The average Bonchev–Trinajstić information content (AvgIpc) is 3.34. The van der Waals surface area contributed by atoms with Crippen molar-refractivity contribution in [2.24, 2.45) is 13.0 Å². The highest BCUT2D eigenvalue weighted by molar-refractivity contribution is 6.04. The fourth-order valence-electron chi connectivity index (χ4n) is 3.45. The minimum Gasteiger partial charge on any atom is -0.488 e. The van der Waals surface area contributed by atoms with Crippen LogP contribution in [0.15, 0.2) is 42.9 Å². The normalized spacial score (nSPS) is 17.5. The molecule has 0 bridgehead atoms. The SMILES string of the molecule is Cn1ccc(NC(=O)c2cc(Oc3cnc(NCC4CC4)cn3)cc(O[C@H]3CCOC3)c2)n1. The molecule has 10 heteroatoms. The molecule has 33 heavy (non-hydrogen) atoms. The number of aryl methyl sites for hydroxylation is 1. The van der Waals surface area contributed by atoms with E-state index in [0.717, 1.165) is 18.9 Å². The second-order valence-electron chi connectivity index (χ2n) is 8.29. The molecule has 2 aromatic heterocycles. The van der Waals surface area contributed by atoms with Crippen LogP contribution < -0.4 is 20.1 Å². The van der Waals surface area contributed by atoms with Crippen LogP contribution in [0.4, 0.5) is 11.6 Å². The predicted octanol–water partition coefficient (Wildman–Crippen LogP) is 3.24. The van der Waals surface area contributed by atoms with Crippen LogP contribution in [0.3, 0.4) is 0 Å². The number of carbonyl (C=O) groups is 1.